The zero-order valence-corrected chi connectivity index (χ0v) is 10.5. The van der Waals surface area contributed by atoms with Gasteiger partial charge in [0.15, 0.2) is 0 Å². The second-order valence-corrected chi connectivity index (χ2v) is 4.46. The molecular weight excluding hydrogens is 278 g/mol. The van der Waals surface area contributed by atoms with E-state index in [1.807, 2.05) is 30.3 Å². The molecule has 3 N–H and O–H groups in total. The van der Waals surface area contributed by atoms with Gasteiger partial charge < -0.3 is 11.1 Å². The second kappa shape index (κ2) is 4.89. The zero-order chi connectivity index (χ0) is 12.3. The average molecular weight is 288 g/mol. The van der Waals surface area contributed by atoms with Crippen LogP contribution < -0.4 is 11.1 Å². The quantitative estimate of drug-likeness (QED) is 0.829. The summed E-state index contributed by atoms with van der Waals surface area (Å²) in [7, 11) is 0. The van der Waals surface area contributed by atoms with Gasteiger partial charge in [0.2, 0.25) is 0 Å². The van der Waals surface area contributed by atoms with Gasteiger partial charge in [0.1, 0.15) is 0 Å². The van der Waals surface area contributed by atoms with E-state index in [0.29, 0.717) is 11.3 Å². The fourth-order valence-corrected chi connectivity index (χ4v) is 1.78. The van der Waals surface area contributed by atoms with Gasteiger partial charge in [0.05, 0.1) is 23.0 Å². The third-order valence-electron chi connectivity index (χ3n) is 2.31. The van der Waals surface area contributed by atoms with Gasteiger partial charge in [-0.15, -0.1) is 0 Å². The van der Waals surface area contributed by atoms with Gasteiger partial charge in [-0.25, -0.2) is 0 Å². The standard InChI is InChI=1S/C13H10BrN3/c14-10-3-6-12(16)13(7-10)17-11-4-1-9(8-15)2-5-11/h1-7,17H,16H2. The smallest absolute Gasteiger partial charge is 0.0991 e. The summed E-state index contributed by atoms with van der Waals surface area (Å²) in [5.41, 5.74) is 8.91. The summed E-state index contributed by atoms with van der Waals surface area (Å²) in [5.74, 6) is 0. The van der Waals surface area contributed by atoms with Crippen molar-refractivity contribution in [3.8, 4) is 6.07 Å². The lowest BCUT2D eigenvalue weighted by Gasteiger charge is -2.09. The van der Waals surface area contributed by atoms with Crippen LogP contribution in [-0.4, -0.2) is 0 Å². The number of nitrogens with one attached hydrogen (secondary N) is 1. The molecule has 4 heteroatoms. The molecule has 0 amide bonds. The molecule has 84 valence electrons. The molecule has 0 saturated heterocycles. The molecule has 0 bridgehead atoms. The zero-order valence-electron chi connectivity index (χ0n) is 8.94. The Labute approximate surface area is 108 Å². The van der Waals surface area contributed by atoms with Crippen LogP contribution in [-0.2, 0) is 0 Å². The van der Waals surface area contributed by atoms with Crippen LogP contribution in [0.4, 0.5) is 17.1 Å². The van der Waals surface area contributed by atoms with Crippen molar-refractivity contribution >= 4 is 33.0 Å². The molecule has 2 aromatic carbocycles. The van der Waals surface area contributed by atoms with Gasteiger partial charge >= 0.3 is 0 Å². The molecule has 0 heterocycles. The highest BCUT2D eigenvalue weighted by Gasteiger charge is 2.00. The molecule has 0 aliphatic heterocycles. The lowest BCUT2D eigenvalue weighted by atomic mass is 10.2. The van der Waals surface area contributed by atoms with Crippen LogP contribution >= 0.6 is 15.9 Å². The highest BCUT2D eigenvalue weighted by atomic mass is 79.9. The van der Waals surface area contributed by atoms with Crippen LogP contribution in [0.25, 0.3) is 0 Å². The summed E-state index contributed by atoms with van der Waals surface area (Å²) in [6, 6.07) is 14.9. The number of benzene rings is 2. The number of anilines is 3. The van der Waals surface area contributed by atoms with Crippen molar-refractivity contribution in [1.82, 2.24) is 0 Å². The first-order valence-electron chi connectivity index (χ1n) is 5.01. The summed E-state index contributed by atoms with van der Waals surface area (Å²) in [6.45, 7) is 0. The Balaban J connectivity index is 2.25. The Morgan fingerprint density at radius 1 is 1.12 bits per heavy atom. The molecule has 0 radical (unpaired) electrons. The van der Waals surface area contributed by atoms with Crippen LogP contribution in [0.3, 0.4) is 0 Å². The van der Waals surface area contributed by atoms with Crippen LogP contribution in [0.15, 0.2) is 46.9 Å². The van der Waals surface area contributed by atoms with Crippen LogP contribution in [0, 0.1) is 11.3 Å². The molecule has 2 aromatic rings. The molecule has 2 rings (SSSR count). The molecule has 0 unspecified atom stereocenters. The van der Waals surface area contributed by atoms with Crippen molar-refractivity contribution in [1.29, 1.82) is 5.26 Å². The molecular formula is C13H10BrN3. The number of rotatable bonds is 2. The Kier molecular flexibility index (Phi) is 3.31. The molecule has 0 saturated carbocycles. The van der Waals surface area contributed by atoms with E-state index in [-0.39, 0.29) is 0 Å². The SMILES string of the molecule is N#Cc1ccc(Nc2cc(Br)ccc2N)cc1. The summed E-state index contributed by atoms with van der Waals surface area (Å²) < 4.78 is 0.961. The van der Waals surface area contributed by atoms with Gasteiger partial charge in [-0.3, -0.25) is 0 Å². The fourth-order valence-electron chi connectivity index (χ4n) is 1.42. The molecule has 0 aromatic heterocycles. The minimum Gasteiger partial charge on any atom is -0.397 e. The van der Waals surface area contributed by atoms with Crippen molar-refractivity contribution in [2.24, 2.45) is 0 Å². The predicted octanol–water partition coefficient (Wildman–Crippen LogP) is 3.65. The maximum Gasteiger partial charge on any atom is 0.0991 e. The molecule has 17 heavy (non-hydrogen) atoms. The monoisotopic (exact) mass is 287 g/mol. The lowest BCUT2D eigenvalue weighted by Crippen LogP contribution is -1.96. The molecule has 0 fully saturated rings. The van der Waals surface area contributed by atoms with E-state index in [1.165, 1.54) is 0 Å². The number of nitrogens with two attached hydrogens (primary N) is 1. The van der Waals surface area contributed by atoms with Gasteiger partial charge in [-0.2, -0.15) is 5.26 Å². The molecule has 0 atom stereocenters. The van der Waals surface area contributed by atoms with Crippen LogP contribution in [0.2, 0.25) is 0 Å². The first kappa shape index (κ1) is 11.5. The fraction of sp³-hybridized carbons (Fsp3) is 0. The maximum absolute atomic E-state index is 8.70. The topological polar surface area (TPSA) is 61.8 Å². The Hall–Kier alpha value is -1.99. The third-order valence-corrected chi connectivity index (χ3v) is 2.80. The summed E-state index contributed by atoms with van der Waals surface area (Å²) in [6.07, 6.45) is 0. The van der Waals surface area contributed by atoms with E-state index in [0.717, 1.165) is 15.8 Å². The highest BCUT2D eigenvalue weighted by Crippen LogP contribution is 2.26. The van der Waals surface area contributed by atoms with Gasteiger partial charge in [0.25, 0.3) is 0 Å². The van der Waals surface area contributed by atoms with Crippen molar-refractivity contribution in [2.75, 3.05) is 11.1 Å². The number of hydrogen-bond acceptors (Lipinski definition) is 3. The van der Waals surface area contributed by atoms with Crippen molar-refractivity contribution < 1.29 is 0 Å². The highest BCUT2D eigenvalue weighted by molar-refractivity contribution is 9.10. The van der Waals surface area contributed by atoms with Gasteiger partial charge in [0, 0.05) is 10.2 Å². The second-order valence-electron chi connectivity index (χ2n) is 3.55. The van der Waals surface area contributed by atoms with E-state index in [4.69, 9.17) is 11.0 Å². The van der Waals surface area contributed by atoms with E-state index >= 15 is 0 Å². The lowest BCUT2D eigenvalue weighted by molar-refractivity contribution is 1.47. The number of nitriles is 1. The molecule has 0 spiro atoms. The van der Waals surface area contributed by atoms with Gasteiger partial charge in [-0.1, -0.05) is 15.9 Å². The minimum absolute atomic E-state index is 0.637. The largest absolute Gasteiger partial charge is 0.397 e. The number of hydrogen-bond donors (Lipinski definition) is 2. The first-order chi connectivity index (χ1) is 8.19. The molecule has 0 aliphatic carbocycles. The first-order valence-corrected chi connectivity index (χ1v) is 5.80. The van der Waals surface area contributed by atoms with E-state index in [9.17, 15) is 0 Å². The number of nitrogen functional groups attached to an aromatic ring is 1. The Morgan fingerprint density at radius 2 is 1.82 bits per heavy atom. The van der Waals surface area contributed by atoms with Crippen molar-refractivity contribution in [2.45, 2.75) is 0 Å². The van der Waals surface area contributed by atoms with Crippen LogP contribution in [0.1, 0.15) is 5.56 Å². The molecule has 0 aliphatic rings. The van der Waals surface area contributed by atoms with E-state index < -0.39 is 0 Å². The Morgan fingerprint density at radius 3 is 2.47 bits per heavy atom. The minimum atomic E-state index is 0.637. The van der Waals surface area contributed by atoms with E-state index in [2.05, 4.69) is 27.3 Å². The number of nitrogens with zero attached hydrogens (tertiary/aromatic N) is 1. The predicted molar refractivity (Wildman–Crippen MR) is 73.0 cm³/mol. The van der Waals surface area contributed by atoms with Gasteiger partial charge in [-0.05, 0) is 42.5 Å². The summed E-state index contributed by atoms with van der Waals surface area (Å²) in [5, 5.41) is 11.9. The third kappa shape index (κ3) is 2.77. The van der Waals surface area contributed by atoms with E-state index in [1.54, 1.807) is 12.1 Å². The van der Waals surface area contributed by atoms with Crippen molar-refractivity contribution in [3.63, 3.8) is 0 Å². The normalized spacial score (nSPS) is 9.65. The summed E-state index contributed by atoms with van der Waals surface area (Å²) >= 11 is 3.39. The number of halogens is 1. The maximum atomic E-state index is 8.70. The average Bonchev–Trinajstić information content (AvgIpc) is 2.35. The Bertz CT molecular complexity index is 570. The van der Waals surface area contributed by atoms with Crippen LogP contribution in [0.5, 0.6) is 0 Å². The van der Waals surface area contributed by atoms with Crippen molar-refractivity contribution in [3.05, 3.63) is 52.5 Å². The summed E-state index contributed by atoms with van der Waals surface area (Å²) in [4.78, 5) is 0. The molecule has 3 nitrogen and oxygen atoms in total.